The molecule has 1 aromatic heterocycles. The summed E-state index contributed by atoms with van der Waals surface area (Å²) in [5.41, 5.74) is 7.88. The molecule has 110 valence electrons. The summed E-state index contributed by atoms with van der Waals surface area (Å²) in [5.74, 6) is 1.83. The second-order valence-corrected chi connectivity index (χ2v) is 6.91. The molecule has 0 bridgehead atoms. The van der Waals surface area contributed by atoms with Gasteiger partial charge in [-0.1, -0.05) is 24.4 Å². The number of benzene rings is 1. The van der Waals surface area contributed by atoms with Gasteiger partial charge in [-0.3, -0.25) is 0 Å². The van der Waals surface area contributed by atoms with Crippen LogP contribution in [0.4, 0.5) is 5.00 Å². The molecule has 0 radical (unpaired) electrons. The summed E-state index contributed by atoms with van der Waals surface area (Å²) < 4.78 is 10.7. The average molecular weight is 323 g/mol. The van der Waals surface area contributed by atoms with Gasteiger partial charge in [-0.25, -0.2) is 4.98 Å². The number of hydrogen-bond acceptors (Lipinski definition) is 5. The monoisotopic (exact) mass is 322 g/mol. The van der Waals surface area contributed by atoms with Crippen molar-refractivity contribution < 1.29 is 9.47 Å². The fourth-order valence-corrected chi connectivity index (χ4v) is 4.30. The maximum Gasteiger partial charge on any atom is 0.231 e. The van der Waals surface area contributed by atoms with E-state index in [0.29, 0.717) is 22.4 Å². The summed E-state index contributed by atoms with van der Waals surface area (Å²) in [4.78, 5) is 4.77. The van der Waals surface area contributed by atoms with Gasteiger partial charge in [-0.05, 0) is 25.0 Å². The van der Waals surface area contributed by atoms with Crippen molar-refractivity contribution in [3.05, 3.63) is 22.2 Å². The van der Waals surface area contributed by atoms with Crippen LogP contribution in [0.1, 0.15) is 36.6 Å². The van der Waals surface area contributed by atoms with Gasteiger partial charge >= 0.3 is 0 Å². The third kappa shape index (κ3) is 2.24. The number of nitrogen functional groups attached to an aromatic ring is 1. The van der Waals surface area contributed by atoms with Gasteiger partial charge in [0.2, 0.25) is 6.79 Å². The Morgan fingerprint density at radius 1 is 1.24 bits per heavy atom. The topological polar surface area (TPSA) is 57.4 Å². The van der Waals surface area contributed by atoms with Gasteiger partial charge in [0.15, 0.2) is 11.5 Å². The summed E-state index contributed by atoms with van der Waals surface area (Å²) in [6, 6.07) is 3.75. The van der Waals surface area contributed by atoms with E-state index >= 15 is 0 Å². The number of rotatable bonds is 2. The van der Waals surface area contributed by atoms with Gasteiger partial charge in [-0.15, -0.1) is 11.3 Å². The fourth-order valence-electron chi connectivity index (χ4n) is 3.01. The second-order valence-electron chi connectivity index (χ2n) is 5.44. The van der Waals surface area contributed by atoms with Crippen LogP contribution in [0.5, 0.6) is 11.5 Å². The molecule has 1 aliphatic carbocycles. The Morgan fingerprint density at radius 2 is 2.05 bits per heavy atom. The lowest BCUT2D eigenvalue weighted by atomic mass is 10.1. The number of thiazole rings is 1. The zero-order chi connectivity index (χ0) is 14.4. The fraction of sp³-hybridized carbons (Fsp3) is 0.400. The number of nitrogens with two attached hydrogens (primary N) is 1. The standard InChI is InChI=1S/C15H15ClN2O2S/c16-10-5-9(6-11-13(10)20-7-19-11)12-14(17)21-15(18-12)8-3-1-2-4-8/h5-6,8H,1-4,7,17H2. The van der Waals surface area contributed by atoms with Crippen LogP contribution in [0.3, 0.4) is 0 Å². The van der Waals surface area contributed by atoms with E-state index in [-0.39, 0.29) is 6.79 Å². The Balaban J connectivity index is 1.75. The van der Waals surface area contributed by atoms with E-state index in [2.05, 4.69) is 0 Å². The van der Waals surface area contributed by atoms with Crippen LogP contribution in [0.25, 0.3) is 11.3 Å². The summed E-state index contributed by atoms with van der Waals surface area (Å²) in [5, 5.41) is 2.43. The Labute approximate surface area is 131 Å². The average Bonchev–Trinajstić information content (AvgIpc) is 3.17. The molecule has 4 rings (SSSR count). The van der Waals surface area contributed by atoms with Crippen LogP contribution in [-0.4, -0.2) is 11.8 Å². The third-order valence-electron chi connectivity index (χ3n) is 4.07. The quantitative estimate of drug-likeness (QED) is 0.888. The molecule has 1 aromatic carbocycles. The number of hydrogen-bond donors (Lipinski definition) is 1. The molecule has 2 N–H and O–H groups in total. The smallest absolute Gasteiger partial charge is 0.231 e. The largest absolute Gasteiger partial charge is 0.454 e. The molecule has 0 spiro atoms. The second kappa shape index (κ2) is 5.07. The normalized spacial score (nSPS) is 17.6. The molecule has 0 unspecified atom stereocenters. The molecule has 0 atom stereocenters. The van der Waals surface area contributed by atoms with Crippen molar-refractivity contribution in [2.45, 2.75) is 31.6 Å². The van der Waals surface area contributed by atoms with E-state index in [1.165, 1.54) is 25.7 Å². The Hall–Kier alpha value is -1.46. The summed E-state index contributed by atoms with van der Waals surface area (Å²) in [7, 11) is 0. The van der Waals surface area contributed by atoms with Crippen LogP contribution in [0.15, 0.2) is 12.1 Å². The number of aromatic nitrogens is 1. The molecule has 2 aliphatic rings. The lowest BCUT2D eigenvalue weighted by Gasteiger charge is -2.04. The van der Waals surface area contributed by atoms with Gasteiger partial charge in [0.25, 0.3) is 0 Å². The van der Waals surface area contributed by atoms with E-state index in [4.69, 9.17) is 31.8 Å². The molecule has 0 saturated heterocycles. The first-order valence-corrected chi connectivity index (χ1v) is 8.27. The minimum absolute atomic E-state index is 0.207. The predicted molar refractivity (Wildman–Crippen MR) is 84.3 cm³/mol. The van der Waals surface area contributed by atoms with Crippen molar-refractivity contribution in [1.29, 1.82) is 0 Å². The third-order valence-corrected chi connectivity index (χ3v) is 5.40. The van der Waals surface area contributed by atoms with Crippen molar-refractivity contribution in [2.24, 2.45) is 0 Å². The van der Waals surface area contributed by atoms with Gasteiger partial charge in [0.05, 0.1) is 10.0 Å². The van der Waals surface area contributed by atoms with Gasteiger partial charge in [0.1, 0.15) is 10.7 Å². The molecule has 2 heterocycles. The van der Waals surface area contributed by atoms with Crippen molar-refractivity contribution in [1.82, 2.24) is 4.98 Å². The summed E-state index contributed by atoms with van der Waals surface area (Å²) >= 11 is 7.84. The van der Waals surface area contributed by atoms with E-state index < -0.39 is 0 Å². The van der Waals surface area contributed by atoms with Crippen LogP contribution < -0.4 is 15.2 Å². The molecule has 1 aliphatic heterocycles. The highest BCUT2D eigenvalue weighted by Crippen LogP contribution is 2.45. The number of halogens is 1. The van der Waals surface area contributed by atoms with Gasteiger partial charge in [0, 0.05) is 11.5 Å². The minimum Gasteiger partial charge on any atom is -0.454 e. The highest BCUT2D eigenvalue weighted by Gasteiger charge is 2.24. The Morgan fingerprint density at radius 3 is 2.86 bits per heavy atom. The first-order chi connectivity index (χ1) is 10.2. The van der Waals surface area contributed by atoms with Crippen LogP contribution in [0, 0.1) is 0 Å². The lowest BCUT2D eigenvalue weighted by molar-refractivity contribution is 0.174. The van der Waals surface area contributed by atoms with Crippen molar-refractivity contribution >= 4 is 27.9 Å². The van der Waals surface area contributed by atoms with Gasteiger partial charge < -0.3 is 15.2 Å². The van der Waals surface area contributed by atoms with Crippen LogP contribution in [0.2, 0.25) is 5.02 Å². The maximum absolute atomic E-state index is 6.24. The van der Waals surface area contributed by atoms with E-state index in [9.17, 15) is 0 Å². The zero-order valence-electron chi connectivity index (χ0n) is 11.4. The van der Waals surface area contributed by atoms with E-state index in [1.54, 1.807) is 11.3 Å². The predicted octanol–water partition coefficient (Wildman–Crippen LogP) is 4.43. The molecule has 1 fully saturated rings. The minimum atomic E-state index is 0.207. The lowest BCUT2D eigenvalue weighted by Crippen LogP contribution is -1.93. The molecule has 4 nitrogen and oxygen atoms in total. The molecule has 2 aromatic rings. The highest BCUT2D eigenvalue weighted by molar-refractivity contribution is 7.16. The molecule has 1 saturated carbocycles. The van der Waals surface area contributed by atoms with Crippen molar-refractivity contribution in [3.8, 4) is 22.8 Å². The van der Waals surface area contributed by atoms with E-state index in [1.807, 2.05) is 12.1 Å². The van der Waals surface area contributed by atoms with Crippen LogP contribution in [-0.2, 0) is 0 Å². The Kier molecular flexibility index (Phi) is 3.19. The van der Waals surface area contributed by atoms with Crippen LogP contribution >= 0.6 is 22.9 Å². The van der Waals surface area contributed by atoms with Gasteiger partial charge in [-0.2, -0.15) is 0 Å². The summed E-state index contributed by atoms with van der Waals surface area (Å²) in [6.45, 7) is 0.207. The van der Waals surface area contributed by atoms with Crippen molar-refractivity contribution in [2.75, 3.05) is 12.5 Å². The molecule has 0 amide bonds. The molecule has 21 heavy (non-hydrogen) atoms. The summed E-state index contributed by atoms with van der Waals surface area (Å²) in [6.07, 6.45) is 5.01. The molecular formula is C15H15ClN2O2S. The van der Waals surface area contributed by atoms with E-state index in [0.717, 1.165) is 21.3 Å². The first kappa shape index (κ1) is 13.2. The number of ether oxygens (including phenoxy) is 2. The number of fused-ring (bicyclic) bond motifs is 1. The molecule has 6 heteroatoms. The Bertz CT molecular complexity index is 695. The zero-order valence-corrected chi connectivity index (χ0v) is 13.0. The van der Waals surface area contributed by atoms with Crippen molar-refractivity contribution in [3.63, 3.8) is 0 Å². The first-order valence-electron chi connectivity index (χ1n) is 7.08. The SMILES string of the molecule is Nc1sc(C2CCCC2)nc1-c1cc(Cl)c2c(c1)OCO2. The highest BCUT2D eigenvalue weighted by atomic mass is 35.5. The molecular weight excluding hydrogens is 308 g/mol. The maximum atomic E-state index is 6.24. The number of nitrogens with zero attached hydrogens (tertiary/aromatic N) is 1. The number of anilines is 1.